The van der Waals surface area contributed by atoms with Gasteiger partial charge in [0.2, 0.25) is 17.6 Å². The number of aryl methyl sites for hydroxylation is 1. The Bertz CT molecular complexity index is 1030. The van der Waals surface area contributed by atoms with Crippen molar-refractivity contribution < 1.29 is 23.8 Å². The zero-order valence-electron chi connectivity index (χ0n) is 18.2. The average molecular weight is 457 g/mol. The first kappa shape index (κ1) is 23.1. The molecule has 9 nitrogen and oxygen atoms in total. The van der Waals surface area contributed by atoms with Crippen LogP contribution in [0.3, 0.4) is 0 Å². The third kappa shape index (κ3) is 5.79. The molecule has 1 heterocycles. The van der Waals surface area contributed by atoms with Gasteiger partial charge in [-0.2, -0.15) is 5.10 Å². The van der Waals surface area contributed by atoms with Crippen molar-refractivity contribution >= 4 is 40.6 Å². The Morgan fingerprint density at radius 1 is 1.12 bits per heavy atom. The highest BCUT2D eigenvalue weighted by Gasteiger charge is 2.32. The summed E-state index contributed by atoms with van der Waals surface area (Å²) in [5.41, 5.74) is 2.46. The van der Waals surface area contributed by atoms with E-state index in [1.54, 1.807) is 12.1 Å². The lowest BCUT2D eigenvalue weighted by Gasteiger charge is -2.12. The van der Waals surface area contributed by atoms with Crippen LogP contribution in [0.1, 0.15) is 17.5 Å². The van der Waals surface area contributed by atoms with Crippen LogP contribution < -0.4 is 24.8 Å². The number of nitrogens with zero attached hydrogens (tertiary/aromatic N) is 2. The molecule has 1 aliphatic rings. The lowest BCUT2D eigenvalue weighted by atomic mass is 10.2. The molecule has 0 aliphatic carbocycles. The zero-order chi connectivity index (χ0) is 23.1. The van der Waals surface area contributed by atoms with E-state index >= 15 is 0 Å². The van der Waals surface area contributed by atoms with E-state index in [-0.39, 0.29) is 18.2 Å². The monoisotopic (exact) mass is 456 g/mol. The van der Waals surface area contributed by atoms with Crippen molar-refractivity contribution in [1.82, 2.24) is 5.32 Å². The molecule has 1 fully saturated rings. The number of rotatable bonds is 8. The maximum atomic E-state index is 12.3. The van der Waals surface area contributed by atoms with Gasteiger partial charge in [0.15, 0.2) is 16.7 Å². The molecule has 2 amide bonds. The van der Waals surface area contributed by atoms with Crippen molar-refractivity contribution in [2.24, 2.45) is 10.2 Å². The van der Waals surface area contributed by atoms with Gasteiger partial charge in [-0.3, -0.25) is 9.59 Å². The predicted octanol–water partition coefficient (Wildman–Crippen LogP) is 2.97. The second-order valence-corrected chi connectivity index (χ2v) is 8.01. The molecule has 0 bridgehead atoms. The fourth-order valence-corrected chi connectivity index (χ4v) is 3.85. The van der Waals surface area contributed by atoms with Gasteiger partial charge in [-0.15, -0.1) is 5.10 Å². The quantitative estimate of drug-likeness (QED) is 0.467. The fourth-order valence-electron chi connectivity index (χ4n) is 2.93. The van der Waals surface area contributed by atoms with Gasteiger partial charge in [-0.25, -0.2) is 0 Å². The third-order valence-electron chi connectivity index (χ3n) is 4.52. The molecule has 0 radical (unpaired) electrons. The summed E-state index contributed by atoms with van der Waals surface area (Å²) in [6.07, 6.45) is 1.53. The van der Waals surface area contributed by atoms with Crippen molar-refractivity contribution in [2.75, 3.05) is 26.6 Å². The molecular weight excluding hydrogens is 432 g/mol. The number of benzene rings is 2. The summed E-state index contributed by atoms with van der Waals surface area (Å²) >= 11 is 1.16. The molecule has 32 heavy (non-hydrogen) atoms. The molecule has 1 aliphatic heterocycles. The summed E-state index contributed by atoms with van der Waals surface area (Å²) in [4.78, 5) is 24.5. The topological polar surface area (TPSA) is 111 Å². The lowest BCUT2D eigenvalue weighted by Crippen LogP contribution is -2.28. The summed E-state index contributed by atoms with van der Waals surface area (Å²) in [7, 11) is 4.58. The Kier molecular flexibility index (Phi) is 7.72. The van der Waals surface area contributed by atoms with Gasteiger partial charge in [0.25, 0.3) is 0 Å². The summed E-state index contributed by atoms with van der Waals surface area (Å²) in [6.45, 7) is 1.97. The largest absolute Gasteiger partial charge is 0.493 e. The Morgan fingerprint density at radius 2 is 1.78 bits per heavy atom. The van der Waals surface area contributed by atoms with Crippen LogP contribution in [-0.2, 0) is 9.59 Å². The summed E-state index contributed by atoms with van der Waals surface area (Å²) in [5.74, 6) is 0.927. The van der Waals surface area contributed by atoms with E-state index in [1.807, 2.05) is 31.2 Å². The van der Waals surface area contributed by atoms with Crippen LogP contribution in [0.15, 0.2) is 46.6 Å². The zero-order valence-corrected chi connectivity index (χ0v) is 19.0. The van der Waals surface area contributed by atoms with Crippen molar-refractivity contribution in [3.63, 3.8) is 0 Å². The maximum absolute atomic E-state index is 12.3. The van der Waals surface area contributed by atoms with Gasteiger partial charge >= 0.3 is 0 Å². The van der Waals surface area contributed by atoms with E-state index in [0.717, 1.165) is 17.3 Å². The van der Waals surface area contributed by atoms with Crippen molar-refractivity contribution in [3.05, 3.63) is 47.5 Å². The number of hydrogen-bond donors (Lipinski definition) is 2. The molecule has 1 saturated heterocycles. The molecule has 0 saturated carbocycles. The Hall–Kier alpha value is -3.53. The lowest BCUT2D eigenvalue weighted by molar-refractivity contribution is -0.122. The predicted molar refractivity (Wildman–Crippen MR) is 125 cm³/mol. The Balaban J connectivity index is 1.62. The van der Waals surface area contributed by atoms with Crippen LogP contribution in [0.4, 0.5) is 5.69 Å². The van der Waals surface area contributed by atoms with Gasteiger partial charge in [-0.1, -0.05) is 29.5 Å². The average Bonchev–Trinajstić information content (AvgIpc) is 3.13. The van der Waals surface area contributed by atoms with Crippen molar-refractivity contribution in [1.29, 1.82) is 0 Å². The normalized spacial score (nSPS) is 16.8. The molecular formula is C22H24N4O5S. The van der Waals surface area contributed by atoms with Crippen LogP contribution in [-0.4, -0.2) is 49.8 Å². The molecule has 0 spiro atoms. The van der Waals surface area contributed by atoms with E-state index < -0.39 is 5.25 Å². The maximum Gasteiger partial charge on any atom is 0.240 e. The van der Waals surface area contributed by atoms with Gasteiger partial charge in [-0.05, 0) is 31.2 Å². The number of nitrogens with one attached hydrogen (secondary N) is 2. The number of carbonyl (C=O) groups excluding carboxylic acids is 2. The highest BCUT2D eigenvalue weighted by molar-refractivity contribution is 8.15. The molecule has 0 aromatic heterocycles. The van der Waals surface area contributed by atoms with E-state index in [4.69, 9.17) is 14.2 Å². The molecule has 2 aromatic carbocycles. The Labute approximate surface area is 190 Å². The number of thioether (sulfide) groups is 1. The molecule has 1 atom stereocenters. The number of amidine groups is 1. The first-order valence-corrected chi connectivity index (χ1v) is 10.6. The molecule has 10 heteroatoms. The first-order valence-electron chi connectivity index (χ1n) is 9.68. The summed E-state index contributed by atoms with van der Waals surface area (Å²) in [5, 5.41) is 13.3. The fraction of sp³-hybridized carbons (Fsp3) is 0.273. The van der Waals surface area contributed by atoms with Crippen LogP contribution >= 0.6 is 11.8 Å². The summed E-state index contributed by atoms with van der Waals surface area (Å²) < 4.78 is 15.9. The van der Waals surface area contributed by atoms with E-state index in [1.165, 1.54) is 27.5 Å². The second kappa shape index (κ2) is 10.7. The number of ether oxygens (including phenoxy) is 3. The minimum atomic E-state index is -0.574. The van der Waals surface area contributed by atoms with Gasteiger partial charge in [0.05, 0.1) is 27.5 Å². The smallest absolute Gasteiger partial charge is 0.240 e. The second-order valence-electron chi connectivity index (χ2n) is 6.82. The van der Waals surface area contributed by atoms with Crippen LogP contribution in [0.25, 0.3) is 0 Å². The SMILES string of the molecule is COc1cc(C=N/N=C2\NC(=O)C(CC(=O)Nc3ccc(C)cc3)S2)cc(OC)c1OC. The van der Waals surface area contributed by atoms with Crippen LogP contribution in [0, 0.1) is 6.92 Å². The molecule has 3 rings (SSSR count). The first-order chi connectivity index (χ1) is 15.4. The summed E-state index contributed by atoms with van der Waals surface area (Å²) in [6, 6.07) is 10.9. The third-order valence-corrected chi connectivity index (χ3v) is 5.60. The van der Waals surface area contributed by atoms with Crippen LogP contribution in [0.2, 0.25) is 0 Å². The van der Waals surface area contributed by atoms with Crippen LogP contribution in [0.5, 0.6) is 17.2 Å². The van der Waals surface area contributed by atoms with Crippen molar-refractivity contribution in [3.8, 4) is 17.2 Å². The van der Waals surface area contributed by atoms with E-state index in [9.17, 15) is 9.59 Å². The molecule has 2 aromatic rings. The van der Waals surface area contributed by atoms with Crippen molar-refractivity contribution in [2.45, 2.75) is 18.6 Å². The van der Waals surface area contributed by atoms with E-state index in [0.29, 0.717) is 33.7 Å². The minimum Gasteiger partial charge on any atom is -0.493 e. The highest BCUT2D eigenvalue weighted by atomic mass is 32.2. The molecule has 168 valence electrons. The molecule has 1 unspecified atom stereocenters. The molecule has 2 N–H and O–H groups in total. The number of anilines is 1. The van der Waals surface area contributed by atoms with Gasteiger partial charge < -0.3 is 24.8 Å². The van der Waals surface area contributed by atoms with Gasteiger partial charge in [0.1, 0.15) is 5.25 Å². The number of amides is 2. The minimum absolute atomic E-state index is 0.0278. The number of methoxy groups -OCH3 is 3. The number of hydrogen-bond acceptors (Lipinski definition) is 8. The highest BCUT2D eigenvalue weighted by Crippen LogP contribution is 2.37. The van der Waals surface area contributed by atoms with E-state index in [2.05, 4.69) is 20.8 Å². The number of carbonyl (C=O) groups is 2. The van der Waals surface area contributed by atoms with Gasteiger partial charge in [0, 0.05) is 17.7 Å². The Morgan fingerprint density at radius 3 is 2.38 bits per heavy atom. The standard InChI is InChI=1S/C22H24N4O5S/c1-13-5-7-15(8-6-13)24-19(27)11-18-21(28)25-22(32-18)26-23-12-14-9-16(29-2)20(31-4)17(10-14)30-3/h5-10,12,18H,11H2,1-4H3,(H,24,27)(H,25,26,28).